The van der Waals surface area contributed by atoms with Gasteiger partial charge in [0.15, 0.2) is 0 Å². The van der Waals surface area contributed by atoms with Gasteiger partial charge >= 0.3 is 5.97 Å². The van der Waals surface area contributed by atoms with E-state index >= 15 is 0 Å². The van der Waals surface area contributed by atoms with Gasteiger partial charge in [-0.3, -0.25) is 0 Å². The molecule has 0 bridgehead atoms. The van der Waals surface area contributed by atoms with E-state index in [0.717, 1.165) is 0 Å². The van der Waals surface area contributed by atoms with Crippen molar-refractivity contribution in [1.82, 2.24) is 9.78 Å². The summed E-state index contributed by atoms with van der Waals surface area (Å²) < 4.78 is 2.08. The van der Waals surface area contributed by atoms with Gasteiger partial charge in [0.2, 0.25) is 0 Å². The first kappa shape index (κ1) is 14.1. The van der Waals surface area contributed by atoms with Crippen molar-refractivity contribution in [3.05, 3.63) is 56.8 Å². The molecule has 21 heavy (non-hydrogen) atoms. The molecule has 0 saturated carbocycles. The van der Waals surface area contributed by atoms with Crippen molar-refractivity contribution in [3.8, 4) is 16.9 Å². The fraction of sp³-hybridized carbons (Fsp3) is 0. The van der Waals surface area contributed by atoms with Gasteiger partial charge in [-0.05, 0) is 24.3 Å². The lowest BCUT2D eigenvalue weighted by atomic mass is 10.1. The molecular weight excluding hydrogens is 331 g/mol. The highest BCUT2D eigenvalue weighted by molar-refractivity contribution is 7.14. The Morgan fingerprint density at radius 1 is 1.29 bits per heavy atom. The van der Waals surface area contributed by atoms with E-state index in [0.29, 0.717) is 26.3 Å². The third kappa shape index (κ3) is 2.81. The Kier molecular flexibility index (Phi) is 3.71. The Bertz CT molecular complexity index is 826. The lowest BCUT2D eigenvalue weighted by molar-refractivity contribution is 0.0697. The number of carboxylic acids is 1. The summed E-state index contributed by atoms with van der Waals surface area (Å²) in [5.41, 5.74) is 1.87. The van der Waals surface area contributed by atoms with Gasteiger partial charge in [0.05, 0.1) is 10.0 Å². The normalized spacial score (nSPS) is 10.8. The van der Waals surface area contributed by atoms with Gasteiger partial charge in [-0.25, -0.2) is 9.48 Å². The summed E-state index contributed by atoms with van der Waals surface area (Å²) >= 11 is 13.2. The van der Waals surface area contributed by atoms with Crippen LogP contribution in [0.4, 0.5) is 0 Å². The molecule has 2 aromatic heterocycles. The van der Waals surface area contributed by atoms with Crippen LogP contribution in [0.2, 0.25) is 9.36 Å². The van der Waals surface area contributed by atoms with Crippen LogP contribution in [0.3, 0.4) is 0 Å². The van der Waals surface area contributed by atoms with Crippen LogP contribution in [0.25, 0.3) is 16.9 Å². The summed E-state index contributed by atoms with van der Waals surface area (Å²) in [6.45, 7) is 0. The Morgan fingerprint density at radius 2 is 2.10 bits per heavy atom. The fourth-order valence-corrected chi connectivity index (χ4v) is 2.98. The van der Waals surface area contributed by atoms with Crippen molar-refractivity contribution >= 4 is 40.5 Å². The summed E-state index contributed by atoms with van der Waals surface area (Å²) in [4.78, 5) is 11.4. The van der Waals surface area contributed by atoms with Crippen molar-refractivity contribution in [2.45, 2.75) is 0 Å². The zero-order valence-corrected chi connectivity index (χ0v) is 12.8. The van der Waals surface area contributed by atoms with Crippen molar-refractivity contribution < 1.29 is 9.90 Å². The Hall–Kier alpha value is -1.82. The maximum absolute atomic E-state index is 11.4. The maximum Gasteiger partial charge on any atom is 0.339 e. The number of hydrogen-bond acceptors (Lipinski definition) is 3. The van der Waals surface area contributed by atoms with Gasteiger partial charge in [0.1, 0.15) is 11.3 Å². The second-order valence-electron chi connectivity index (χ2n) is 4.26. The van der Waals surface area contributed by atoms with Gasteiger partial charge in [0.25, 0.3) is 0 Å². The molecule has 106 valence electrons. The van der Waals surface area contributed by atoms with E-state index in [9.17, 15) is 9.90 Å². The van der Waals surface area contributed by atoms with E-state index < -0.39 is 5.97 Å². The van der Waals surface area contributed by atoms with Crippen molar-refractivity contribution in [2.24, 2.45) is 0 Å². The summed E-state index contributed by atoms with van der Waals surface area (Å²) in [5.74, 6) is -1.04. The lowest BCUT2D eigenvalue weighted by Gasteiger charge is -2.00. The van der Waals surface area contributed by atoms with E-state index in [1.54, 1.807) is 35.7 Å². The first-order valence-electron chi connectivity index (χ1n) is 5.88. The molecule has 3 rings (SSSR count). The molecule has 0 spiro atoms. The van der Waals surface area contributed by atoms with E-state index in [-0.39, 0.29) is 5.56 Å². The third-order valence-electron chi connectivity index (χ3n) is 2.86. The average Bonchev–Trinajstić information content (AvgIpc) is 3.04. The van der Waals surface area contributed by atoms with Gasteiger partial charge in [0, 0.05) is 22.2 Å². The number of thiophene rings is 1. The SMILES string of the molecule is O=C(O)c1cn(-c2cccc(Cl)c2)nc1-c1csc(Cl)c1. The predicted octanol–water partition coefficient (Wildman–Crippen LogP) is 4.61. The zero-order valence-electron chi connectivity index (χ0n) is 10.5. The van der Waals surface area contributed by atoms with E-state index in [1.807, 2.05) is 0 Å². The molecule has 0 amide bonds. The second kappa shape index (κ2) is 5.52. The van der Waals surface area contributed by atoms with Gasteiger partial charge in [-0.2, -0.15) is 5.10 Å². The molecule has 0 radical (unpaired) electrons. The first-order valence-corrected chi connectivity index (χ1v) is 7.51. The van der Waals surface area contributed by atoms with Crippen LogP contribution in [-0.4, -0.2) is 20.9 Å². The van der Waals surface area contributed by atoms with Crippen LogP contribution in [0, 0.1) is 0 Å². The molecule has 1 N–H and O–H groups in total. The van der Waals surface area contributed by atoms with Gasteiger partial charge in [-0.15, -0.1) is 11.3 Å². The minimum Gasteiger partial charge on any atom is -0.478 e. The van der Waals surface area contributed by atoms with Crippen LogP contribution in [0.15, 0.2) is 41.9 Å². The molecule has 7 heteroatoms. The van der Waals surface area contributed by atoms with Crippen LogP contribution in [0.5, 0.6) is 0 Å². The summed E-state index contributed by atoms with van der Waals surface area (Å²) in [6.07, 6.45) is 1.47. The number of hydrogen-bond donors (Lipinski definition) is 1. The molecule has 0 saturated heterocycles. The van der Waals surface area contributed by atoms with Crippen LogP contribution < -0.4 is 0 Å². The minimum atomic E-state index is -1.04. The number of rotatable bonds is 3. The molecular formula is C14H8Cl2N2O2S. The third-order valence-corrected chi connectivity index (χ3v) is 4.18. The summed E-state index contributed by atoms with van der Waals surface area (Å²) in [5, 5.41) is 16.0. The lowest BCUT2D eigenvalue weighted by Crippen LogP contribution is -1.96. The quantitative estimate of drug-likeness (QED) is 0.758. The highest BCUT2D eigenvalue weighted by Crippen LogP contribution is 2.30. The van der Waals surface area contributed by atoms with Gasteiger partial charge in [-0.1, -0.05) is 29.3 Å². The molecule has 1 aromatic carbocycles. The van der Waals surface area contributed by atoms with Crippen molar-refractivity contribution in [2.75, 3.05) is 0 Å². The van der Waals surface area contributed by atoms with Crippen LogP contribution >= 0.6 is 34.5 Å². The molecule has 0 unspecified atom stereocenters. The number of nitrogens with zero attached hydrogens (tertiary/aromatic N) is 2. The van der Waals surface area contributed by atoms with Gasteiger partial charge < -0.3 is 5.11 Å². The molecule has 2 heterocycles. The van der Waals surface area contributed by atoms with E-state index in [2.05, 4.69) is 5.10 Å². The number of aromatic carboxylic acids is 1. The summed E-state index contributed by atoms with van der Waals surface area (Å²) in [6, 6.07) is 8.73. The topological polar surface area (TPSA) is 55.1 Å². The number of aromatic nitrogens is 2. The Morgan fingerprint density at radius 3 is 2.71 bits per heavy atom. The van der Waals surface area contributed by atoms with Crippen molar-refractivity contribution in [1.29, 1.82) is 0 Å². The number of benzene rings is 1. The fourth-order valence-electron chi connectivity index (χ4n) is 1.93. The second-order valence-corrected chi connectivity index (χ2v) is 6.24. The Balaban J connectivity index is 2.15. The molecule has 4 nitrogen and oxygen atoms in total. The minimum absolute atomic E-state index is 0.115. The molecule has 0 aliphatic rings. The van der Waals surface area contributed by atoms with Crippen LogP contribution in [-0.2, 0) is 0 Å². The highest BCUT2D eigenvalue weighted by atomic mass is 35.5. The first-order chi connectivity index (χ1) is 10.0. The smallest absolute Gasteiger partial charge is 0.339 e. The average molecular weight is 339 g/mol. The largest absolute Gasteiger partial charge is 0.478 e. The number of halogens is 2. The van der Waals surface area contributed by atoms with Crippen molar-refractivity contribution in [3.63, 3.8) is 0 Å². The molecule has 0 aliphatic carbocycles. The molecule has 0 aliphatic heterocycles. The maximum atomic E-state index is 11.4. The number of carboxylic acid groups (broad SMARTS) is 1. The molecule has 0 fully saturated rings. The number of carbonyl (C=O) groups is 1. The van der Waals surface area contributed by atoms with Crippen LogP contribution in [0.1, 0.15) is 10.4 Å². The highest BCUT2D eigenvalue weighted by Gasteiger charge is 2.18. The van der Waals surface area contributed by atoms with E-state index in [1.165, 1.54) is 22.2 Å². The Labute approximate surface area is 134 Å². The predicted molar refractivity (Wildman–Crippen MR) is 83.9 cm³/mol. The molecule has 0 atom stereocenters. The molecule has 3 aromatic rings. The summed E-state index contributed by atoms with van der Waals surface area (Å²) in [7, 11) is 0. The zero-order chi connectivity index (χ0) is 15.0. The van der Waals surface area contributed by atoms with E-state index in [4.69, 9.17) is 23.2 Å². The monoisotopic (exact) mass is 338 g/mol. The standard InChI is InChI=1S/C14H8Cl2N2O2S/c15-9-2-1-3-10(5-9)18-6-11(14(19)20)13(17-18)8-4-12(16)21-7-8/h1-7H,(H,19,20).